The Morgan fingerprint density at radius 1 is 0.862 bits per heavy atom. The Morgan fingerprint density at radius 3 is 1.72 bits per heavy atom. The van der Waals surface area contributed by atoms with Crippen LogP contribution in [0.4, 0.5) is 0 Å². The lowest BCUT2D eigenvalue weighted by Gasteiger charge is -2.04. The second-order valence-electron chi connectivity index (χ2n) is 6.09. The molecule has 0 fully saturated rings. The van der Waals surface area contributed by atoms with Crippen LogP contribution in [0.3, 0.4) is 0 Å². The number of aldehydes is 2. The summed E-state index contributed by atoms with van der Waals surface area (Å²) in [6.07, 6.45) is 1.47. The summed E-state index contributed by atoms with van der Waals surface area (Å²) in [6.45, 7) is 5.72. The Hall–Kier alpha value is -3.71. The first-order valence-electron chi connectivity index (χ1n) is 9.14. The van der Waals surface area contributed by atoms with Gasteiger partial charge in [-0.25, -0.2) is 0 Å². The van der Waals surface area contributed by atoms with Gasteiger partial charge in [0.05, 0.1) is 11.6 Å². The minimum atomic E-state index is 0.0657. The van der Waals surface area contributed by atoms with E-state index in [1.165, 1.54) is 18.1 Å². The van der Waals surface area contributed by atoms with Gasteiger partial charge in [0.1, 0.15) is 18.6 Å². The fourth-order valence-corrected chi connectivity index (χ4v) is 2.42. The number of rotatable bonds is 4. The van der Waals surface area contributed by atoms with Gasteiger partial charge in [-0.2, -0.15) is 5.26 Å². The van der Waals surface area contributed by atoms with Gasteiger partial charge in [0, 0.05) is 0 Å². The van der Waals surface area contributed by atoms with E-state index < -0.39 is 0 Å². The molecule has 0 unspecified atom stereocenters. The molecule has 0 N–H and O–H groups in total. The Labute approximate surface area is 172 Å². The van der Waals surface area contributed by atoms with E-state index in [2.05, 4.69) is 44.2 Å². The molecule has 0 heterocycles. The van der Waals surface area contributed by atoms with E-state index in [9.17, 15) is 4.79 Å². The van der Waals surface area contributed by atoms with Crippen LogP contribution in [-0.2, 0) is 9.59 Å². The highest BCUT2D eigenvalue weighted by Crippen LogP contribution is 2.22. The van der Waals surface area contributed by atoms with Crippen molar-refractivity contribution in [3.63, 3.8) is 0 Å². The lowest BCUT2D eigenvalue weighted by atomic mass is 10.0. The van der Waals surface area contributed by atoms with Crippen molar-refractivity contribution in [3.05, 3.63) is 89.5 Å². The van der Waals surface area contributed by atoms with Gasteiger partial charge in [0.2, 0.25) is 0 Å². The largest absolute Gasteiger partial charge is 0.486 e. The van der Waals surface area contributed by atoms with Crippen LogP contribution in [0.1, 0.15) is 23.6 Å². The van der Waals surface area contributed by atoms with Gasteiger partial charge in [-0.05, 0) is 56.2 Å². The minimum Gasteiger partial charge on any atom is -0.486 e. The molecule has 0 spiro atoms. The zero-order chi connectivity index (χ0) is 21.5. The topological polar surface area (TPSA) is 67.2 Å². The molecule has 29 heavy (non-hydrogen) atoms. The third-order valence-electron chi connectivity index (χ3n) is 3.69. The smallest absolute Gasteiger partial charge is 0.157 e. The van der Waals surface area contributed by atoms with Crippen LogP contribution in [0, 0.1) is 25.2 Å². The van der Waals surface area contributed by atoms with Crippen LogP contribution in [0.25, 0.3) is 11.1 Å². The lowest BCUT2D eigenvalue weighted by molar-refractivity contribution is -0.109. The number of hydrogen-bond acceptors (Lipinski definition) is 4. The molecule has 0 aliphatic carbocycles. The minimum absolute atomic E-state index is 0.0657. The fraction of sp³-hybridized carbons (Fsp3) is 0.160. The summed E-state index contributed by atoms with van der Waals surface area (Å²) < 4.78 is 5.17. The van der Waals surface area contributed by atoms with Crippen molar-refractivity contribution in [2.24, 2.45) is 0 Å². The molecule has 0 amide bonds. The summed E-state index contributed by atoms with van der Waals surface area (Å²) in [6, 6.07) is 25.4. The van der Waals surface area contributed by atoms with Gasteiger partial charge < -0.3 is 9.53 Å². The van der Waals surface area contributed by atoms with Crippen molar-refractivity contribution < 1.29 is 14.3 Å². The van der Waals surface area contributed by atoms with E-state index >= 15 is 0 Å². The van der Waals surface area contributed by atoms with Crippen molar-refractivity contribution in [2.45, 2.75) is 20.8 Å². The molecule has 0 saturated carbocycles. The zero-order valence-corrected chi connectivity index (χ0v) is 17.0. The number of benzene rings is 3. The Bertz CT molecular complexity index is 906. The van der Waals surface area contributed by atoms with E-state index in [0.717, 1.165) is 17.4 Å². The molecule has 3 aromatic rings. The molecule has 0 aliphatic rings. The van der Waals surface area contributed by atoms with E-state index in [-0.39, 0.29) is 6.61 Å². The van der Waals surface area contributed by atoms with Crippen molar-refractivity contribution in [2.75, 3.05) is 6.61 Å². The summed E-state index contributed by atoms with van der Waals surface area (Å²) in [5.74, 6) is 0.666. The second kappa shape index (κ2) is 13.5. The normalized spacial score (nSPS) is 8.90. The molecule has 148 valence electrons. The highest BCUT2D eigenvalue weighted by molar-refractivity contribution is 5.65. The van der Waals surface area contributed by atoms with Crippen LogP contribution in [0.2, 0.25) is 0 Å². The highest BCUT2D eigenvalue weighted by atomic mass is 16.5. The van der Waals surface area contributed by atoms with Gasteiger partial charge >= 0.3 is 0 Å². The Kier molecular flexibility index (Phi) is 10.8. The standard InChI is InChI=1S/C15H11NO2.C8H10.C2H4O/c16-11-12-1-3-13(4-2-12)14-5-7-15(8-6-14)18-10-9-17;1-7-4-3-5-8(2)6-7;1-2-3/h1-9H,10H2;3-6H,1-2H3;2H,1H3. The van der Waals surface area contributed by atoms with Crippen LogP contribution < -0.4 is 4.74 Å². The molecule has 4 heteroatoms. The molecule has 4 nitrogen and oxygen atoms in total. The zero-order valence-electron chi connectivity index (χ0n) is 17.0. The number of aryl methyl sites for hydroxylation is 2. The molecule has 3 rings (SSSR count). The average molecular weight is 387 g/mol. The Balaban J connectivity index is 0.000000317. The molecule has 0 bridgehead atoms. The second-order valence-corrected chi connectivity index (χ2v) is 6.09. The van der Waals surface area contributed by atoms with E-state index in [1.807, 2.05) is 36.4 Å². The van der Waals surface area contributed by atoms with Gasteiger partial charge in [-0.1, -0.05) is 59.7 Å². The summed E-state index contributed by atoms with van der Waals surface area (Å²) in [5.41, 5.74) is 5.40. The summed E-state index contributed by atoms with van der Waals surface area (Å²) in [5, 5.41) is 8.72. The number of ether oxygens (including phenoxy) is 1. The van der Waals surface area contributed by atoms with Gasteiger partial charge in [0.15, 0.2) is 6.29 Å². The van der Waals surface area contributed by atoms with Crippen molar-refractivity contribution in [3.8, 4) is 22.9 Å². The molecule has 0 saturated heterocycles. The molecule has 0 radical (unpaired) electrons. The van der Waals surface area contributed by atoms with E-state index in [0.29, 0.717) is 17.6 Å². The third-order valence-corrected chi connectivity index (χ3v) is 3.69. The fourth-order valence-electron chi connectivity index (χ4n) is 2.42. The quantitative estimate of drug-likeness (QED) is 0.569. The van der Waals surface area contributed by atoms with Gasteiger partial charge in [-0.15, -0.1) is 0 Å². The van der Waals surface area contributed by atoms with Crippen LogP contribution in [0.15, 0.2) is 72.8 Å². The summed E-state index contributed by atoms with van der Waals surface area (Å²) >= 11 is 0. The summed E-state index contributed by atoms with van der Waals surface area (Å²) in [7, 11) is 0. The maximum absolute atomic E-state index is 10.2. The van der Waals surface area contributed by atoms with Crippen LogP contribution in [-0.4, -0.2) is 19.2 Å². The third kappa shape index (κ3) is 9.16. The molecule has 0 aromatic heterocycles. The van der Waals surface area contributed by atoms with E-state index in [1.54, 1.807) is 12.1 Å². The first-order valence-corrected chi connectivity index (χ1v) is 9.14. The maximum atomic E-state index is 10.2. The predicted octanol–water partition coefficient (Wildman–Crippen LogP) is 5.31. The maximum Gasteiger partial charge on any atom is 0.157 e. The number of nitriles is 1. The summed E-state index contributed by atoms with van der Waals surface area (Å²) in [4.78, 5) is 19.0. The number of carbonyl (C=O) groups is 2. The predicted molar refractivity (Wildman–Crippen MR) is 116 cm³/mol. The molecular formula is C25H25NO3. The van der Waals surface area contributed by atoms with Gasteiger partial charge in [0.25, 0.3) is 0 Å². The molecule has 0 atom stereocenters. The Morgan fingerprint density at radius 2 is 1.34 bits per heavy atom. The average Bonchev–Trinajstić information content (AvgIpc) is 2.74. The van der Waals surface area contributed by atoms with Crippen molar-refractivity contribution >= 4 is 12.6 Å². The van der Waals surface area contributed by atoms with Crippen molar-refractivity contribution in [1.82, 2.24) is 0 Å². The van der Waals surface area contributed by atoms with E-state index in [4.69, 9.17) is 14.8 Å². The molecule has 3 aromatic carbocycles. The first-order chi connectivity index (χ1) is 14.0. The van der Waals surface area contributed by atoms with Gasteiger partial charge in [-0.3, -0.25) is 4.79 Å². The van der Waals surface area contributed by atoms with Crippen LogP contribution >= 0.6 is 0 Å². The number of carbonyl (C=O) groups excluding carboxylic acids is 2. The lowest BCUT2D eigenvalue weighted by Crippen LogP contribution is -1.97. The first kappa shape index (κ1) is 23.3. The molecular weight excluding hydrogens is 362 g/mol. The monoisotopic (exact) mass is 387 g/mol. The molecule has 0 aliphatic heterocycles. The highest BCUT2D eigenvalue weighted by Gasteiger charge is 1.99. The van der Waals surface area contributed by atoms with Crippen LogP contribution in [0.5, 0.6) is 5.75 Å². The van der Waals surface area contributed by atoms with Crippen molar-refractivity contribution in [1.29, 1.82) is 5.26 Å². The number of hydrogen-bond donors (Lipinski definition) is 0. The SMILES string of the molecule is CC=O.Cc1cccc(C)c1.N#Cc1ccc(-c2ccc(OCC=O)cc2)cc1. The number of nitrogens with zero attached hydrogens (tertiary/aromatic N) is 1.